The van der Waals surface area contributed by atoms with E-state index in [1.165, 1.54) is 0 Å². The number of likely N-dealkylation sites (tertiary alicyclic amines) is 2. The number of rotatable bonds is 15. The van der Waals surface area contributed by atoms with E-state index in [1.54, 1.807) is 9.80 Å². The summed E-state index contributed by atoms with van der Waals surface area (Å²) < 4.78 is 0. The van der Waals surface area contributed by atoms with Gasteiger partial charge in [0.1, 0.15) is 24.2 Å². The zero-order valence-electron chi connectivity index (χ0n) is 36.4. The highest BCUT2D eigenvalue weighted by Gasteiger charge is 2.40. The Hall–Kier alpha value is -6.76. The lowest BCUT2D eigenvalue weighted by Gasteiger charge is -2.29. The van der Waals surface area contributed by atoms with Crippen LogP contribution in [0, 0.1) is 11.8 Å². The quantitative estimate of drug-likeness (QED) is 0.0730. The van der Waals surface area contributed by atoms with Crippen LogP contribution in [0.15, 0.2) is 109 Å². The van der Waals surface area contributed by atoms with Crippen molar-refractivity contribution in [2.75, 3.05) is 23.7 Å². The zero-order chi connectivity index (χ0) is 44.6. The van der Waals surface area contributed by atoms with Crippen molar-refractivity contribution in [3.05, 3.63) is 120 Å². The van der Waals surface area contributed by atoms with Gasteiger partial charge >= 0.3 is 0 Å². The number of hydrogen-bond acceptors (Lipinski definition) is 6. The first kappa shape index (κ1) is 44.3. The summed E-state index contributed by atoms with van der Waals surface area (Å²) in [6.07, 6.45) is 2.94. The molecule has 5 N–H and O–H groups in total. The van der Waals surface area contributed by atoms with Crippen molar-refractivity contribution in [3.8, 4) is 11.3 Å². The molecule has 6 amide bonds. The molecule has 7 rings (SSSR count). The summed E-state index contributed by atoms with van der Waals surface area (Å²) in [6.45, 7) is 8.63. The molecule has 63 heavy (non-hydrogen) atoms. The lowest BCUT2D eigenvalue weighted by atomic mass is 10.0. The molecule has 0 saturated carbocycles. The number of aromatic nitrogens is 1. The normalized spacial score (nSPS) is 17.1. The van der Waals surface area contributed by atoms with Gasteiger partial charge in [-0.25, -0.2) is 0 Å². The van der Waals surface area contributed by atoms with Crippen LogP contribution >= 0.6 is 0 Å². The molecule has 0 bridgehead atoms. The number of hydrogen-bond donors (Lipinski definition) is 5. The third kappa shape index (κ3) is 10.8. The van der Waals surface area contributed by atoms with E-state index in [9.17, 15) is 28.8 Å². The third-order valence-corrected chi connectivity index (χ3v) is 11.6. The van der Waals surface area contributed by atoms with Crippen LogP contribution in [0.3, 0.4) is 0 Å². The second kappa shape index (κ2) is 20.0. The highest BCUT2D eigenvalue weighted by molar-refractivity contribution is 6.01. The minimum atomic E-state index is -0.895. The maximum absolute atomic E-state index is 14.0. The Bertz CT molecular complexity index is 2430. The Morgan fingerprint density at radius 1 is 0.587 bits per heavy atom. The van der Waals surface area contributed by atoms with Gasteiger partial charge in [-0.1, -0.05) is 100 Å². The Balaban J connectivity index is 0.987. The summed E-state index contributed by atoms with van der Waals surface area (Å²) in [5, 5.41) is 12.7. The van der Waals surface area contributed by atoms with Crippen LogP contribution in [0.5, 0.6) is 0 Å². The molecule has 2 saturated heterocycles. The fourth-order valence-electron chi connectivity index (χ4n) is 8.54. The second-order valence-corrected chi connectivity index (χ2v) is 17.4. The van der Waals surface area contributed by atoms with Gasteiger partial charge in [-0.2, -0.15) is 0 Å². The van der Waals surface area contributed by atoms with Crippen molar-refractivity contribution >= 4 is 57.7 Å². The SMILES string of the molecule is CC(C)CC(=O)NC(C(=O)N1CCC[C@H]1C(=O)Nc1ccc(-c2cc3cc(NC(=O)[C@@H]4CCCN4C(=O)C(NC(=O)CC(C)C)c4ccccc4)ccc3[nH]2)cc1)c1ccccc1. The highest BCUT2D eigenvalue weighted by Crippen LogP contribution is 2.30. The number of anilines is 2. The minimum absolute atomic E-state index is 0.127. The van der Waals surface area contributed by atoms with Gasteiger partial charge in [0.2, 0.25) is 35.4 Å². The van der Waals surface area contributed by atoms with E-state index in [4.69, 9.17) is 0 Å². The molecule has 0 spiro atoms. The number of H-pyrrole nitrogens is 1. The molecule has 2 fully saturated rings. The smallest absolute Gasteiger partial charge is 0.250 e. The van der Waals surface area contributed by atoms with Gasteiger partial charge in [-0.15, -0.1) is 0 Å². The van der Waals surface area contributed by atoms with E-state index in [1.807, 2.05) is 137 Å². The average Bonchev–Trinajstić information content (AvgIpc) is 4.05. The van der Waals surface area contributed by atoms with E-state index in [0.29, 0.717) is 61.3 Å². The minimum Gasteiger partial charge on any atom is -0.355 e. The molecule has 3 heterocycles. The predicted octanol–water partition coefficient (Wildman–Crippen LogP) is 7.50. The molecule has 2 unspecified atom stereocenters. The molecular formula is C50H57N7O6. The van der Waals surface area contributed by atoms with Crippen molar-refractivity contribution in [1.29, 1.82) is 0 Å². The fourth-order valence-corrected chi connectivity index (χ4v) is 8.54. The summed E-state index contributed by atoms with van der Waals surface area (Å²) in [6, 6.07) is 30.1. The Labute approximate surface area is 368 Å². The number of aromatic amines is 1. The number of amides is 6. The molecule has 2 aliphatic rings. The molecule has 4 atom stereocenters. The van der Waals surface area contributed by atoms with Gasteiger partial charge in [0.05, 0.1) is 0 Å². The molecule has 13 nitrogen and oxygen atoms in total. The molecule has 0 radical (unpaired) electrons. The van der Waals surface area contributed by atoms with Crippen LogP contribution in [0.4, 0.5) is 11.4 Å². The number of nitrogens with one attached hydrogen (secondary N) is 5. The van der Waals surface area contributed by atoms with Gasteiger partial charge in [0.25, 0.3) is 0 Å². The fraction of sp³-hybridized carbons (Fsp3) is 0.360. The standard InChI is InChI=1S/C50H57N7O6/c1-31(2)27-43(58)54-45(34-13-7-5-8-14-34)49(62)56-25-11-17-41(56)47(60)51-37-21-19-33(20-22-37)40-30-36-29-38(23-24-39(36)53-40)52-48(61)42-18-12-26-57(42)50(63)46(35-15-9-6-10-16-35)55-44(59)28-32(3)4/h5-10,13-16,19-24,29-32,41-42,45-46,53H,11-12,17-18,25-28H2,1-4H3,(H,51,60)(H,52,61)(H,54,58)(H,55,59)/t41-,42-,45?,46?/m0/s1. The van der Waals surface area contributed by atoms with E-state index < -0.39 is 24.2 Å². The van der Waals surface area contributed by atoms with Crippen LogP contribution in [0.25, 0.3) is 22.2 Å². The number of fused-ring (bicyclic) bond motifs is 1. The summed E-state index contributed by atoms with van der Waals surface area (Å²) in [5.74, 6) is -1.36. The lowest BCUT2D eigenvalue weighted by Crippen LogP contribution is -2.48. The molecule has 2 aliphatic heterocycles. The Morgan fingerprint density at radius 3 is 1.52 bits per heavy atom. The van der Waals surface area contributed by atoms with E-state index >= 15 is 0 Å². The topological polar surface area (TPSA) is 173 Å². The third-order valence-electron chi connectivity index (χ3n) is 11.6. The summed E-state index contributed by atoms with van der Waals surface area (Å²) in [4.78, 5) is 87.7. The van der Waals surface area contributed by atoms with Crippen molar-refractivity contribution in [2.45, 2.75) is 90.4 Å². The highest BCUT2D eigenvalue weighted by atomic mass is 16.2. The first-order valence-corrected chi connectivity index (χ1v) is 22.0. The maximum atomic E-state index is 14.0. The monoisotopic (exact) mass is 851 g/mol. The molecule has 5 aromatic rings. The van der Waals surface area contributed by atoms with Crippen LogP contribution in [-0.4, -0.2) is 75.4 Å². The molecule has 1 aromatic heterocycles. The van der Waals surface area contributed by atoms with Gasteiger partial charge in [-0.05, 0) is 90.6 Å². The van der Waals surface area contributed by atoms with Gasteiger partial charge in [-0.3, -0.25) is 28.8 Å². The molecule has 13 heteroatoms. The van der Waals surface area contributed by atoms with Gasteiger partial charge in [0, 0.05) is 53.9 Å². The number of benzene rings is 4. The van der Waals surface area contributed by atoms with Crippen LogP contribution in [0.2, 0.25) is 0 Å². The largest absolute Gasteiger partial charge is 0.355 e. The molecule has 0 aliphatic carbocycles. The second-order valence-electron chi connectivity index (χ2n) is 17.4. The predicted molar refractivity (Wildman–Crippen MR) is 244 cm³/mol. The lowest BCUT2D eigenvalue weighted by molar-refractivity contribution is -0.140. The molecule has 4 aromatic carbocycles. The number of carbonyl (C=O) groups excluding carboxylic acids is 6. The van der Waals surface area contributed by atoms with Crippen molar-refractivity contribution in [2.24, 2.45) is 11.8 Å². The Kier molecular flexibility index (Phi) is 14.0. The van der Waals surface area contributed by atoms with E-state index in [-0.39, 0.29) is 60.1 Å². The van der Waals surface area contributed by atoms with Crippen molar-refractivity contribution in [3.63, 3.8) is 0 Å². The molecular weight excluding hydrogens is 795 g/mol. The summed E-state index contributed by atoms with van der Waals surface area (Å²) in [5.41, 5.74) is 5.09. The van der Waals surface area contributed by atoms with Gasteiger partial charge in [0.15, 0.2) is 0 Å². The summed E-state index contributed by atoms with van der Waals surface area (Å²) >= 11 is 0. The Morgan fingerprint density at radius 2 is 1.05 bits per heavy atom. The first-order chi connectivity index (χ1) is 30.3. The van der Waals surface area contributed by atoms with E-state index in [0.717, 1.165) is 22.2 Å². The maximum Gasteiger partial charge on any atom is 0.250 e. The van der Waals surface area contributed by atoms with Crippen molar-refractivity contribution < 1.29 is 28.8 Å². The van der Waals surface area contributed by atoms with Gasteiger partial charge < -0.3 is 36.1 Å². The summed E-state index contributed by atoms with van der Waals surface area (Å²) in [7, 11) is 0. The van der Waals surface area contributed by atoms with E-state index in [2.05, 4.69) is 26.3 Å². The number of nitrogens with zero attached hydrogens (tertiary/aromatic N) is 2. The molecule has 328 valence electrons. The average molecular weight is 852 g/mol. The van der Waals surface area contributed by atoms with Crippen molar-refractivity contribution in [1.82, 2.24) is 25.4 Å². The van der Waals surface area contributed by atoms with Crippen LogP contribution in [0.1, 0.15) is 89.4 Å². The van der Waals surface area contributed by atoms with Crippen LogP contribution < -0.4 is 21.3 Å². The first-order valence-electron chi connectivity index (χ1n) is 22.0. The van der Waals surface area contributed by atoms with Crippen LogP contribution in [-0.2, 0) is 28.8 Å². The zero-order valence-corrected chi connectivity index (χ0v) is 36.4. The number of carbonyl (C=O) groups is 6.